The van der Waals surface area contributed by atoms with Crippen molar-refractivity contribution in [2.75, 3.05) is 42.6 Å². The van der Waals surface area contributed by atoms with Crippen LogP contribution in [-0.4, -0.2) is 70.5 Å². The molecule has 3 N–H and O–H groups in total. The largest absolute Gasteiger partial charge is 0.395 e. The first-order valence-corrected chi connectivity index (χ1v) is 15.2. The van der Waals surface area contributed by atoms with Crippen LogP contribution in [0.4, 0.5) is 17.1 Å². The summed E-state index contributed by atoms with van der Waals surface area (Å²) in [5.41, 5.74) is 0.362. The van der Waals surface area contributed by atoms with Gasteiger partial charge >= 0.3 is 0 Å². The number of piperazine rings is 1. The van der Waals surface area contributed by atoms with Gasteiger partial charge in [-0.2, -0.15) is 0 Å². The van der Waals surface area contributed by atoms with Crippen LogP contribution in [0.2, 0.25) is 0 Å². The normalized spacial score (nSPS) is 18.6. The molecule has 0 aliphatic carbocycles. The molecule has 2 aliphatic heterocycles. The molecule has 240 valence electrons. The molecule has 3 aromatic rings. The minimum Gasteiger partial charge on any atom is -0.395 e. The van der Waals surface area contributed by atoms with Gasteiger partial charge in [0.25, 0.3) is 11.6 Å². The summed E-state index contributed by atoms with van der Waals surface area (Å²) in [4.78, 5) is 55.2. The number of non-ortho nitro benzene ring substituents is 1. The zero-order valence-corrected chi connectivity index (χ0v) is 25.5. The van der Waals surface area contributed by atoms with E-state index in [-0.39, 0.29) is 55.7 Å². The summed E-state index contributed by atoms with van der Waals surface area (Å²) in [6.07, 6.45) is 3.10. The van der Waals surface area contributed by atoms with Gasteiger partial charge in [-0.25, -0.2) is 0 Å². The highest BCUT2D eigenvalue weighted by molar-refractivity contribution is 6.07. The van der Waals surface area contributed by atoms with Gasteiger partial charge in [0, 0.05) is 61.9 Å². The molecule has 5 rings (SSSR count). The van der Waals surface area contributed by atoms with E-state index in [0.717, 1.165) is 5.56 Å². The molecule has 0 saturated carbocycles. The van der Waals surface area contributed by atoms with Gasteiger partial charge in [0.05, 0.1) is 30.3 Å². The summed E-state index contributed by atoms with van der Waals surface area (Å²) in [7, 11) is 0. The molecule has 2 aliphatic rings. The van der Waals surface area contributed by atoms with Gasteiger partial charge in [0.15, 0.2) is 5.60 Å². The average molecular weight is 628 g/mol. The summed E-state index contributed by atoms with van der Waals surface area (Å²) in [6.45, 7) is 3.35. The van der Waals surface area contributed by atoms with Crippen LogP contribution in [-0.2, 0) is 33.1 Å². The number of aliphatic hydroxyl groups excluding tert-OH is 1. The van der Waals surface area contributed by atoms with Crippen LogP contribution in [0.15, 0.2) is 84.9 Å². The molecule has 0 bridgehead atoms. The number of amides is 3. The van der Waals surface area contributed by atoms with Crippen molar-refractivity contribution in [1.82, 2.24) is 10.2 Å². The SMILES string of the molecule is C[C@H](/C=C/CC(=O)N(CCO)Cc1ccccc1)[C@@]1(O)C(=O)N(Cc2cccc(N3CCNCC3=O)c2)c2ccc([N+](=O)[O-])cc21. The Bertz CT molecular complexity index is 1650. The van der Waals surface area contributed by atoms with E-state index in [1.165, 1.54) is 28.0 Å². The third-order valence-corrected chi connectivity index (χ3v) is 8.43. The molecule has 3 aromatic carbocycles. The van der Waals surface area contributed by atoms with Crippen molar-refractivity contribution in [3.05, 3.63) is 112 Å². The Morgan fingerprint density at radius 2 is 1.87 bits per heavy atom. The summed E-state index contributed by atoms with van der Waals surface area (Å²) in [5, 5.41) is 36.2. The summed E-state index contributed by atoms with van der Waals surface area (Å²) in [6, 6.07) is 20.6. The standard InChI is InChI=1S/C34H37N5O7/c1-24(7-5-12-31(41)36(17-18-40)22-25-8-3-2-4-9-25)34(44)29-20-28(39(45)46)13-14-30(29)38(33(34)43)23-26-10-6-11-27(19-26)37-16-15-35-21-32(37)42/h2-11,13-14,19-20,24,35,40,44H,12,15-18,21-23H2,1H3/b7-5+/t24-,34+/m1/s1. The van der Waals surface area contributed by atoms with Crippen molar-refractivity contribution in [3.63, 3.8) is 0 Å². The molecule has 46 heavy (non-hydrogen) atoms. The van der Waals surface area contributed by atoms with Crippen LogP contribution in [0.25, 0.3) is 0 Å². The van der Waals surface area contributed by atoms with Gasteiger partial charge in [-0.3, -0.25) is 24.5 Å². The minimum atomic E-state index is -2.14. The Balaban J connectivity index is 1.38. The lowest BCUT2D eigenvalue weighted by molar-refractivity contribution is -0.385. The number of rotatable bonds is 12. The van der Waals surface area contributed by atoms with Crippen molar-refractivity contribution in [3.8, 4) is 0 Å². The average Bonchev–Trinajstić information content (AvgIpc) is 3.27. The van der Waals surface area contributed by atoms with Crippen molar-refractivity contribution < 1.29 is 29.5 Å². The predicted molar refractivity (Wildman–Crippen MR) is 172 cm³/mol. The van der Waals surface area contributed by atoms with Gasteiger partial charge in [0.1, 0.15) is 0 Å². The van der Waals surface area contributed by atoms with E-state index in [1.807, 2.05) is 48.5 Å². The lowest BCUT2D eigenvalue weighted by Crippen LogP contribution is -2.48. The Kier molecular flexibility index (Phi) is 9.90. The van der Waals surface area contributed by atoms with Crippen LogP contribution in [0.5, 0.6) is 0 Å². The second kappa shape index (κ2) is 14.0. The number of hydrogen-bond acceptors (Lipinski definition) is 8. The monoisotopic (exact) mass is 627 g/mol. The molecule has 3 amide bonds. The third-order valence-electron chi connectivity index (χ3n) is 8.43. The molecule has 12 heteroatoms. The second-order valence-electron chi connectivity index (χ2n) is 11.5. The van der Waals surface area contributed by atoms with Crippen LogP contribution >= 0.6 is 0 Å². The van der Waals surface area contributed by atoms with Gasteiger partial charge in [-0.1, -0.05) is 61.5 Å². The van der Waals surface area contributed by atoms with E-state index < -0.39 is 22.3 Å². The highest BCUT2D eigenvalue weighted by Gasteiger charge is 2.53. The topological polar surface area (TPSA) is 157 Å². The van der Waals surface area contributed by atoms with Crippen molar-refractivity contribution in [1.29, 1.82) is 0 Å². The molecule has 0 aromatic heterocycles. The summed E-state index contributed by atoms with van der Waals surface area (Å²) >= 11 is 0. The number of hydrogen-bond donors (Lipinski definition) is 3. The minimum absolute atomic E-state index is 0.0372. The molecule has 1 fully saturated rings. The van der Waals surface area contributed by atoms with Crippen LogP contribution < -0.4 is 15.1 Å². The maximum atomic E-state index is 14.0. The lowest BCUT2D eigenvalue weighted by Gasteiger charge is -2.29. The fraction of sp³-hybridized carbons (Fsp3) is 0.324. The highest BCUT2D eigenvalue weighted by atomic mass is 16.6. The quantitative estimate of drug-likeness (QED) is 0.157. The first-order valence-electron chi connectivity index (χ1n) is 15.2. The molecule has 12 nitrogen and oxygen atoms in total. The smallest absolute Gasteiger partial charge is 0.269 e. The number of nitro benzene ring substituents is 1. The van der Waals surface area contributed by atoms with Crippen LogP contribution in [0.3, 0.4) is 0 Å². The highest BCUT2D eigenvalue weighted by Crippen LogP contribution is 2.47. The van der Waals surface area contributed by atoms with E-state index in [2.05, 4.69) is 5.32 Å². The summed E-state index contributed by atoms with van der Waals surface area (Å²) < 4.78 is 0. The zero-order valence-electron chi connectivity index (χ0n) is 25.5. The van der Waals surface area contributed by atoms with E-state index in [4.69, 9.17) is 0 Å². The van der Waals surface area contributed by atoms with Gasteiger partial charge in [0.2, 0.25) is 11.8 Å². The molecule has 2 heterocycles. The number of benzene rings is 3. The summed E-state index contributed by atoms with van der Waals surface area (Å²) in [5.74, 6) is -1.82. The lowest BCUT2D eigenvalue weighted by atomic mass is 9.82. The van der Waals surface area contributed by atoms with Gasteiger partial charge in [-0.15, -0.1) is 0 Å². The van der Waals surface area contributed by atoms with E-state index in [0.29, 0.717) is 36.6 Å². The molecular formula is C34H37N5O7. The Labute approximate surface area is 266 Å². The molecule has 0 radical (unpaired) electrons. The van der Waals surface area contributed by atoms with Crippen molar-refractivity contribution >= 4 is 34.8 Å². The number of carbonyl (C=O) groups excluding carboxylic acids is 3. The maximum absolute atomic E-state index is 14.0. The maximum Gasteiger partial charge on any atom is 0.269 e. The Morgan fingerprint density at radius 1 is 1.11 bits per heavy atom. The third kappa shape index (κ3) is 6.69. The molecular weight excluding hydrogens is 590 g/mol. The van der Waals surface area contributed by atoms with Crippen LogP contribution in [0, 0.1) is 16.0 Å². The fourth-order valence-electron chi connectivity index (χ4n) is 5.95. The predicted octanol–water partition coefficient (Wildman–Crippen LogP) is 2.87. The number of nitrogens with one attached hydrogen (secondary N) is 1. The molecule has 1 saturated heterocycles. The first kappa shape index (κ1) is 32.5. The Morgan fingerprint density at radius 3 is 2.59 bits per heavy atom. The van der Waals surface area contributed by atoms with E-state index in [1.54, 1.807) is 30.0 Å². The van der Waals surface area contributed by atoms with Crippen LogP contribution in [0.1, 0.15) is 30.0 Å². The number of nitro groups is 1. The Hall–Kier alpha value is -4.91. The van der Waals surface area contributed by atoms with Crippen molar-refractivity contribution in [2.24, 2.45) is 5.92 Å². The van der Waals surface area contributed by atoms with E-state index in [9.17, 15) is 34.7 Å². The zero-order chi connectivity index (χ0) is 32.8. The van der Waals surface area contributed by atoms with E-state index >= 15 is 0 Å². The second-order valence-corrected chi connectivity index (χ2v) is 11.5. The number of carbonyl (C=O) groups is 3. The number of nitrogens with zero attached hydrogens (tertiary/aromatic N) is 4. The van der Waals surface area contributed by atoms with Crippen molar-refractivity contribution in [2.45, 2.75) is 32.0 Å². The number of aliphatic hydroxyl groups is 2. The van der Waals surface area contributed by atoms with Gasteiger partial charge < -0.3 is 30.2 Å². The molecule has 2 atom stereocenters. The molecule has 0 spiro atoms. The number of anilines is 2. The fourth-order valence-corrected chi connectivity index (χ4v) is 5.95. The number of fused-ring (bicyclic) bond motifs is 1. The van der Waals surface area contributed by atoms with Gasteiger partial charge in [-0.05, 0) is 29.3 Å². The first-order chi connectivity index (χ1) is 22.1. The molecule has 0 unspecified atom stereocenters.